The van der Waals surface area contributed by atoms with Crippen molar-refractivity contribution in [1.29, 1.82) is 0 Å². The molecule has 0 amide bonds. The van der Waals surface area contributed by atoms with Gasteiger partial charge in [0.25, 0.3) is 0 Å². The second-order valence-corrected chi connectivity index (χ2v) is 2.86. The molecule has 9 heavy (non-hydrogen) atoms. The average Bonchev–Trinajstić information content (AvgIpc) is 1.63. The summed E-state index contributed by atoms with van der Waals surface area (Å²) in [5.74, 6) is 0.821. The highest BCUT2D eigenvalue weighted by molar-refractivity contribution is 4.91. The minimum atomic E-state index is -0.0730. The molecule has 0 aromatic carbocycles. The summed E-state index contributed by atoms with van der Waals surface area (Å²) in [4.78, 5) is 0. The van der Waals surface area contributed by atoms with E-state index in [1.54, 1.807) is 6.08 Å². The Morgan fingerprint density at radius 1 is 1.33 bits per heavy atom. The van der Waals surface area contributed by atoms with E-state index < -0.39 is 0 Å². The highest BCUT2D eigenvalue weighted by Crippen LogP contribution is 2.13. The third-order valence-corrected chi connectivity index (χ3v) is 1.54. The van der Waals surface area contributed by atoms with Crippen molar-refractivity contribution in [3.05, 3.63) is 11.9 Å². The number of hydrogen-bond acceptors (Lipinski definition) is 0. The van der Waals surface area contributed by atoms with Crippen LogP contribution in [-0.2, 0) is 0 Å². The average molecular weight is 130 g/mol. The lowest BCUT2D eigenvalue weighted by Gasteiger charge is -2.08. The first-order valence-electron chi connectivity index (χ1n) is 3.38. The number of halogens is 1. The molecule has 0 aromatic rings. The van der Waals surface area contributed by atoms with Crippen molar-refractivity contribution in [2.24, 2.45) is 11.8 Å². The fourth-order valence-corrected chi connectivity index (χ4v) is 0.555. The summed E-state index contributed by atoms with van der Waals surface area (Å²) in [6.45, 7) is 7.68. The maximum Gasteiger partial charge on any atom is 0.0931 e. The van der Waals surface area contributed by atoms with Gasteiger partial charge in [-0.1, -0.05) is 26.8 Å². The van der Waals surface area contributed by atoms with E-state index >= 15 is 0 Å². The molecule has 0 aliphatic heterocycles. The van der Waals surface area contributed by atoms with Crippen LogP contribution in [0.2, 0.25) is 0 Å². The monoisotopic (exact) mass is 130 g/mol. The van der Waals surface area contributed by atoms with Crippen molar-refractivity contribution in [1.82, 2.24) is 0 Å². The smallest absolute Gasteiger partial charge is 0.0931 e. The zero-order valence-corrected chi connectivity index (χ0v) is 6.61. The zero-order valence-electron chi connectivity index (χ0n) is 6.61. The molecule has 0 spiro atoms. The second-order valence-electron chi connectivity index (χ2n) is 2.86. The van der Waals surface area contributed by atoms with Crippen LogP contribution in [0.15, 0.2) is 11.9 Å². The maximum absolute atomic E-state index is 12.2. The van der Waals surface area contributed by atoms with Crippen LogP contribution in [0, 0.1) is 11.8 Å². The number of allylic oxidation sites excluding steroid dienone is 2. The molecular formula is C8H15F. The van der Waals surface area contributed by atoms with Crippen molar-refractivity contribution < 1.29 is 4.39 Å². The molecule has 0 fully saturated rings. The Balaban J connectivity index is 3.76. The van der Waals surface area contributed by atoms with Crippen molar-refractivity contribution >= 4 is 0 Å². The van der Waals surface area contributed by atoms with Crippen LogP contribution >= 0.6 is 0 Å². The summed E-state index contributed by atoms with van der Waals surface area (Å²) in [6, 6.07) is 0. The molecule has 0 aliphatic carbocycles. The molecule has 0 saturated carbocycles. The van der Waals surface area contributed by atoms with E-state index in [9.17, 15) is 4.39 Å². The Hall–Kier alpha value is -0.330. The highest BCUT2D eigenvalue weighted by Gasteiger charge is 2.02. The van der Waals surface area contributed by atoms with Gasteiger partial charge in [-0.3, -0.25) is 0 Å². The van der Waals surface area contributed by atoms with Gasteiger partial charge in [0.1, 0.15) is 0 Å². The number of hydrogen-bond donors (Lipinski definition) is 0. The SMILES string of the molecule is CC(F)=CC(C)C(C)C. The molecule has 0 saturated heterocycles. The van der Waals surface area contributed by atoms with E-state index in [0.717, 1.165) is 0 Å². The van der Waals surface area contributed by atoms with E-state index in [2.05, 4.69) is 13.8 Å². The Morgan fingerprint density at radius 3 is 1.89 bits per heavy atom. The largest absolute Gasteiger partial charge is 0.212 e. The fourth-order valence-electron chi connectivity index (χ4n) is 0.555. The predicted molar refractivity (Wildman–Crippen MR) is 38.9 cm³/mol. The van der Waals surface area contributed by atoms with Crippen LogP contribution in [0.3, 0.4) is 0 Å². The summed E-state index contributed by atoms with van der Waals surface area (Å²) >= 11 is 0. The van der Waals surface area contributed by atoms with Crippen LogP contribution < -0.4 is 0 Å². The predicted octanol–water partition coefficient (Wildman–Crippen LogP) is 3.15. The molecule has 0 N–H and O–H groups in total. The van der Waals surface area contributed by atoms with Crippen LogP contribution in [0.4, 0.5) is 4.39 Å². The van der Waals surface area contributed by atoms with Crippen molar-refractivity contribution in [3.8, 4) is 0 Å². The standard InChI is InChI=1S/C8H15F/c1-6(2)7(3)5-8(4)9/h5-7H,1-4H3. The lowest BCUT2D eigenvalue weighted by Crippen LogP contribution is -1.99. The molecule has 0 rings (SSSR count). The van der Waals surface area contributed by atoms with Gasteiger partial charge >= 0.3 is 0 Å². The lowest BCUT2D eigenvalue weighted by atomic mass is 9.98. The van der Waals surface area contributed by atoms with E-state index in [-0.39, 0.29) is 5.83 Å². The minimum Gasteiger partial charge on any atom is -0.212 e. The molecule has 1 heteroatoms. The van der Waals surface area contributed by atoms with Crippen LogP contribution in [0.5, 0.6) is 0 Å². The van der Waals surface area contributed by atoms with Crippen LogP contribution in [0.25, 0.3) is 0 Å². The molecule has 0 aliphatic rings. The van der Waals surface area contributed by atoms with Crippen molar-refractivity contribution in [2.75, 3.05) is 0 Å². The van der Waals surface area contributed by atoms with Gasteiger partial charge in [0.2, 0.25) is 0 Å². The molecule has 0 nitrogen and oxygen atoms in total. The second kappa shape index (κ2) is 3.65. The van der Waals surface area contributed by atoms with Gasteiger partial charge in [0.05, 0.1) is 5.83 Å². The molecule has 54 valence electrons. The fraction of sp³-hybridized carbons (Fsp3) is 0.750. The summed E-state index contributed by atoms with van der Waals surface area (Å²) < 4.78 is 12.2. The Bertz CT molecular complexity index is 99.1. The summed E-state index contributed by atoms with van der Waals surface area (Å²) in [5, 5.41) is 0. The highest BCUT2D eigenvalue weighted by atomic mass is 19.1. The molecule has 0 aromatic heterocycles. The summed E-state index contributed by atoms with van der Waals surface area (Å²) in [7, 11) is 0. The van der Waals surface area contributed by atoms with Crippen LogP contribution in [0.1, 0.15) is 27.7 Å². The Morgan fingerprint density at radius 2 is 1.78 bits per heavy atom. The van der Waals surface area contributed by atoms with Gasteiger partial charge in [-0.25, -0.2) is 4.39 Å². The van der Waals surface area contributed by atoms with Crippen molar-refractivity contribution in [3.63, 3.8) is 0 Å². The van der Waals surface area contributed by atoms with Gasteiger partial charge in [-0.2, -0.15) is 0 Å². The topological polar surface area (TPSA) is 0 Å². The third-order valence-electron chi connectivity index (χ3n) is 1.54. The Kier molecular flexibility index (Phi) is 3.52. The molecule has 0 bridgehead atoms. The van der Waals surface area contributed by atoms with Gasteiger partial charge in [0, 0.05) is 0 Å². The van der Waals surface area contributed by atoms with Gasteiger partial charge < -0.3 is 0 Å². The first kappa shape index (κ1) is 8.67. The quantitative estimate of drug-likeness (QED) is 0.538. The van der Waals surface area contributed by atoms with Gasteiger partial charge in [0.15, 0.2) is 0 Å². The van der Waals surface area contributed by atoms with Gasteiger partial charge in [-0.15, -0.1) is 0 Å². The normalized spacial score (nSPS) is 16.4. The van der Waals surface area contributed by atoms with E-state index in [1.807, 2.05) is 6.92 Å². The lowest BCUT2D eigenvalue weighted by molar-refractivity contribution is 0.488. The first-order valence-corrected chi connectivity index (χ1v) is 3.38. The van der Waals surface area contributed by atoms with Gasteiger partial charge in [-0.05, 0) is 18.8 Å². The zero-order chi connectivity index (χ0) is 7.44. The molecule has 0 radical (unpaired) electrons. The minimum absolute atomic E-state index is 0.0730. The van der Waals surface area contributed by atoms with E-state index in [4.69, 9.17) is 0 Å². The molecule has 1 unspecified atom stereocenters. The summed E-state index contributed by atoms with van der Waals surface area (Å²) in [5.41, 5.74) is 0. The van der Waals surface area contributed by atoms with E-state index in [1.165, 1.54) is 6.92 Å². The molecule has 1 atom stereocenters. The Labute approximate surface area is 56.8 Å². The van der Waals surface area contributed by atoms with E-state index in [0.29, 0.717) is 11.8 Å². The third kappa shape index (κ3) is 4.19. The molecule has 0 heterocycles. The molecular weight excluding hydrogens is 115 g/mol. The first-order chi connectivity index (χ1) is 4.04. The van der Waals surface area contributed by atoms with Crippen molar-refractivity contribution in [2.45, 2.75) is 27.7 Å². The summed E-state index contributed by atoms with van der Waals surface area (Å²) in [6.07, 6.45) is 1.66. The number of rotatable bonds is 2. The van der Waals surface area contributed by atoms with Crippen LogP contribution in [-0.4, -0.2) is 0 Å². The maximum atomic E-state index is 12.2.